The molecule has 1 aliphatic heterocycles. The van der Waals surface area contributed by atoms with Gasteiger partial charge >= 0.3 is 6.09 Å². The molecule has 21 heavy (non-hydrogen) atoms. The zero-order valence-electron chi connectivity index (χ0n) is 13.8. The molecule has 1 rings (SSSR count). The van der Waals surface area contributed by atoms with Gasteiger partial charge in [0.15, 0.2) is 0 Å². The SMILES string of the molecule is CCCCN(C)S(=O)(=O)CC1CN(C(=O)OC(C)(C)C)C1. The van der Waals surface area contributed by atoms with Crippen LogP contribution in [0.3, 0.4) is 0 Å². The van der Waals surface area contributed by atoms with E-state index in [-0.39, 0.29) is 17.8 Å². The van der Waals surface area contributed by atoms with Crippen molar-refractivity contribution in [3.63, 3.8) is 0 Å². The van der Waals surface area contributed by atoms with Crippen LogP contribution in [0, 0.1) is 5.92 Å². The number of ether oxygens (including phenoxy) is 1. The highest BCUT2D eigenvalue weighted by Crippen LogP contribution is 2.21. The van der Waals surface area contributed by atoms with Gasteiger partial charge in [0.25, 0.3) is 0 Å². The summed E-state index contributed by atoms with van der Waals surface area (Å²) in [6.45, 7) is 8.94. The van der Waals surface area contributed by atoms with Crippen LogP contribution in [0.5, 0.6) is 0 Å². The van der Waals surface area contributed by atoms with Gasteiger partial charge in [0.1, 0.15) is 5.60 Å². The second-order valence-corrected chi connectivity index (χ2v) is 8.83. The molecule has 0 aromatic carbocycles. The molecule has 1 fully saturated rings. The summed E-state index contributed by atoms with van der Waals surface area (Å²) in [4.78, 5) is 13.3. The van der Waals surface area contributed by atoms with Crippen molar-refractivity contribution in [3.05, 3.63) is 0 Å². The van der Waals surface area contributed by atoms with Crippen molar-refractivity contribution in [2.45, 2.75) is 46.1 Å². The second kappa shape index (κ2) is 6.96. The van der Waals surface area contributed by atoms with E-state index in [0.29, 0.717) is 19.6 Å². The third kappa shape index (κ3) is 5.82. The molecule has 1 saturated heterocycles. The molecule has 0 atom stereocenters. The quantitative estimate of drug-likeness (QED) is 0.750. The third-order valence-corrected chi connectivity index (χ3v) is 5.38. The minimum atomic E-state index is -3.22. The molecule has 0 aromatic rings. The summed E-state index contributed by atoms with van der Waals surface area (Å²) in [6.07, 6.45) is 1.47. The molecular weight excluding hydrogens is 292 g/mol. The van der Waals surface area contributed by atoms with E-state index in [0.717, 1.165) is 12.8 Å². The zero-order valence-corrected chi connectivity index (χ0v) is 14.6. The Bertz CT molecular complexity index is 450. The van der Waals surface area contributed by atoms with Crippen molar-refractivity contribution in [2.75, 3.05) is 32.4 Å². The minimum Gasteiger partial charge on any atom is -0.444 e. The first kappa shape index (κ1) is 18.2. The van der Waals surface area contributed by atoms with Crippen LogP contribution in [0.25, 0.3) is 0 Å². The summed E-state index contributed by atoms with van der Waals surface area (Å²) in [5.74, 6) is 0.110. The fourth-order valence-electron chi connectivity index (χ4n) is 2.10. The van der Waals surface area contributed by atoms with Crippen LogP contribution in [-0.4, -0.2) is 61.8 Å². The monoisotopic (exact) mass is 320 g/mol. The average Bonchev–Trinajstić information content (AvgIpc) is 2.27. The lowest BCUT2D eigenvalue weighted by Crippen LogP contribution is -2.54. The largest absolute Gasteiger partial charge is 0.444 e. The standard InChI is InChI=1S/C14H28N2O4S/c1-6-7-8-15(5)21(18,19)11-12-9-16(10-12)13(17)20-14(2,3)4/h12H,6-11H2,1-5H3. The molecule has 1 amide bonds. The molecule has 1 aliphatic rings. The minimum absolute atomic E-state index is 0.00611. The molecule has 6 nitrogen and oxygen atoms in total. The molecule has 7 heteroatoms. The van der Waals surface area contributed by atoms with Crippen LogP contribution >= 0.6 is 0 Å². The molecular formula is C14H28N2O4S. The number of likely N-dealkylation sites (tertiary alicyclic amines) is 1. The van der Waals surface area contributed by atoms with Gasteiger partial charge in [-0.05, 0) is 27.2 Å². The van der Waals surface area contributed by atoms with E-state index < -0.39 is 15.6 Å². The number of carbonyl (C=O) groups is 1. The number of amides is 1. The highest BCUT2D eigenvalue weighted by molar-refractivity contribution is 7.89. The topological polar surface area (TPSA) is 66.9 Å². The average molecular weight is 320 g/mol. The molecule has 0 unspecified atom stereocenters. The smallest absolute Gasteiger partial charge is 0.410 e. The van der Waals surface area contributed by atoms with Crippen molar-refractivity contribution < 1.29 is 17.9 Å². The van der Waals surface area contributed by atoms with E-state index in [9.17, 15) is 13.2 Å². The Hall–Kier alpha value is -0.820. The molecule has 0 N–H and O–H groups in total. The van der Waals surface area contributed by atoms with Crippen molar-refractivity contribution in [1.29, 1.82) is 0 Å². The van der Waals surface area contributed by atoms with Crippen molar-refractivity contribution in [2.24, 2.45) is 5.92 Å². The molecule has 0 bridgehead atoms. The van der Waals surface area contributed by atoms with Crippen LogP contribution < -0.4 is 0 Å². The van der Waals surface area contributed by atoms with Gasteiger partial charge in [-0.15, -0.1) is 0 Å². The van der Waals surface area contributed by atoms with Gasteiger partial charge in [-0.25, -0.2) is 17.5 Å². The summed E-state index contributed by atoms with van der Waals surface area (Å²) < 4.78 is 30.9. The van der Waals surface area contributed by atoms with E-state index in [1.165, 1.54) is 4.31 Å². The lowest BCUT2D eigenvalue weighted by molar-refractivity contribution is 0.00181. The second-order valence-electron chi connectivity index (χ2n) is 6.70. The fourth-order valence-corrected chi connectivity index (χ4v) is 3.56. The third-order valence-electron chi connectivity index (χ3n) is 3.36. The molecule has 0 radical (unpaired) electrons. The van der Waals surface area contributed by atoms with E-state index in [4.69, 9.17) is 4.74 Å². The first-order valence-corrected chi connectivity index (χ1v) is 9.08. The van der Waals surface area contributed by atoms with Crippen molar-refractivity contribution in [1.82, 2.24) is 9.21 Å². The summed E-state index contributed by atoms with van der Waals surface area (Å²) in [5.41, 5.74) is -0.519. The maximum absolute atomic E-state index is 12.1. The van der Waals surface area contributed by atoms with E-state index in [2.05, 4.69) is 0 Å². The molecule has 1 heterocycles. The highest BCUT2D eigenvalue weighted by atomic mass is 32.2. The number of hydrogen-bond acceptors (Lipinski definition) is 4. The van der Waals surface area contributed by atoms with Crippen molar-refractivity contribution >= 4 is 16.1 Å². The number of unbranched alkanes of at least 4 members (excludes halogenated alkanes) is 1. The predicted octanol–water partition coefficient (Wildman–Crippen LogP) is 1.92. The Morgan fingerprint density at radius 3 is 2.38 bits per heavy atom. The van der Waals surface area contributed by atoms with Crippen LogP contribution in [-0.2, 0) is 14.8 Å². The first-order valence-electron chi connectivity index (χ1n) is 7.47. The van der Waals surface area contributed by atoms with Gasteiger partial charge in [0.05, 0.1) is 5.75 Å². The Balaban J connectivity index is 2.39. The Labute approximate surface area is 128 Å². The van der Waals surface area contributed by atoms with Crippen LogP contribution in [0.4, 0.5) is 4.79 Å². The number of hydrogen-bond donors (Lipinski definition) is 0. The molecule has 0 aromatic heterocycles. The Kier molecular flexibility index (Phi) is 6.04. The molecule has 0 aliphatic carbocycles. The van der Waals surface area contributed by atoms with Gasteiger partial charge in [-0.1, -0.05) is 13.3 Å². The van der Waals surface area contributed by atoms with Crippen LogP contribution in [0.15, 0.2) is 0 Å². The summed E-state index contributed by atoms with van der Waals surface area (Å²) in [6, 6.07) is 0. The lowest BCUT2D eigenvalue weighted by Gasteiger charge is -2.40. The molecule has 124 valence electrons. The number of nitrogens with zero attached hydrogens (tertiary/aromatic N) is 2. The van der Waals surface area contributed by atoms with Gasteiger partial charge in [-0.3, -0.25) is 0 Å². The maximum atomic E-state index is 12.1. The summed E-state index contributed by atoms with van der Waals surface area (Å²) in [7, 11) is -1.60. The summed E-state index contributed by atoms with van der Waals surface area (Å²) in [5, 5.41) is 0. The number of sulfonamides is 1. The zero-order chi connectivity index (χ0) is 16.3. The highest BCUT2D eigenvalue weighted by Gasteiger charge is 2.37. The Morgan fingerprint density at radius 1 is 1.33 bits per heavy atom. The fraction of sp³-hybridized carbons (Fsp3) is 0.929. The van der Waals surface area contributed by atoms with Gasteiger partial charge in [0.2, 0.25) is 10.0 Å². The van der Waals surface area contributed by atoms with Gasteiger partial charge in [-0.2, -0.15) is 0 Å². The Morgan fingerprint density at radius 2 is 1.90 bits per heavy atom. The predicted molar refractivity (Wildman–Crippen MR) is 82.6 cm³/mol. The maximum Gasteiger partial charge on any atom is 0.410 e. The van der Waals surface area contributed by atoms with Gasteiger partial charge < -0.3 is 9.64 Å². The van der Waals surface area contributed by atoms with E-state index in [1.54, 1.807) is 11.9 Å². The van der Waals surface area contributed by atoms with E-state index >= 15 is 0 Å². The number of carbonyl (C=O) groups excluding carboxylic acids is 1. The van der Waals surface area contributed by atoms with Crippen LogP contribution in [0.2, 0.25) is 0 Å². The van der Waals surface area contributed by atoms with Crippen molar-refractivity contribution in [3.8, 4) is 0 Å². The molecule has 0 saturated carbocycles. The van der Waals surface area contributed by atoms with Gasteiger partial charge in [0, 0.05) is 32.6 Å². The lowest BCUT2D eigenvalue weighted by atomic mass is 10.0. The normalized spacial score (nSPS) is 17.0. The molecule has 0 spiro atoms. The first-order chi connectivity index (χ1) is 9.55. The number of rotatable bonds is 6. The summed E-state index contributed by atoms with van der Waals surface area (Å²) >= 11 is 0. The van der Waals surface area contributed by atoms with Crippen LogP contribution in [0.1, 0.15) is 40.5 Å². The van der Waals surface area contributed by atoms with E-state index in [1.807, 2.05) is 27.7 Å².